The molecule has 0 aliphatic carbocycles. The fraction of sp³-hybridized carbons (Fsp3) is 0.145. The van der Waals surface area contributed by atoms with Gasteiger partial charge in [-0.1, -0.05) is 169 Å². The minimum Gasteiger partial charge on any atom is -0.292 e. The van der Waals surface area contributed by atoms with E-state index >= 15 is 0 Å². The first-order chi connectivity index (χ1) is 30.0. The third kappa shape index (κ3) is 7.26. The Bertz CT molecular complexity index is 3000. The second-order valence-electron chi connectivity index (χ2n) is 17.9. The quantitative estimate of drug-likeness (QED) is 0.160. The van der Waals surface area contributed by atoms with Crippen molar-refractivity contribution in [2.24, 2.45) is 0 Å². The van der Waals surface area contributed by atoms with Crippen LogP contribution in [0.5, 0.6) is 0 Å². The molecule has 0 aliphatic heterocycles. The van der Waals surface area contributed by atoms with E-state index in [2.05, 4.69) is 184 Å². The van der Waals surface area contributed by atoms with Gasteiger partial charge in [-0.25, -0.2) is 24.9 Å². The van der Waals surface area contributed by atoms with Crippen LogP contribution in [0.4, 0.5) is 0 Å². The van der Waals surface area contributed by atoms with Gasteiger partial charge in [-0.15, -0.1) is 0 Å². The van der Waals surface area contributed by atoms with Gasteiger partial charge in [0, 0.05) is 39.2 Å². The van der Waals surface area contributed by atoms with Crippen LogP contribution in [-0.4, -0.2) is 34.1 Å². The molecule has 3 heterocycles. The summed E-state index contributed by atoms with van der Waals surface area (Å²) in [5, 5.41) is 0. The van der Waals surface area contributed by atoms with Gasteiger partial charge >= 0.3 is 0 Å². The van der Waals surface area contributed by atoms with Gasteiger partial charge in [0.25, 0.3) is 0 Å². The van der Waals surface area contributed by atoms with Crippen LogP contribution in [0.25, 0.3) is 90.4 Å². The van der Waals surface area contributed by atoms with Gasteiger partial charge in [0.1, 0.15) is 11.6 Å². The Labute approximate surface area is 362 Å². The van der Waals surface area contributed by atoms with E-state index in [4.69, 9.17) is 24.9 Å². The van der Waals surface area contributed by atoms with E-state index in [9.17, 15) is 0 Å². The van der Waals surface area contributed by atoms with Crippen molar-refractivity contribution >= 4 is 22.1 Å². The molecule has 7 aromatic carbocycles. The molecule has 0 bridgehead atoms. The molecule has 0 N–H and O–H groups in total. The fourth-order valence-electron chi connectivity index (χ4n) is 8.07. The summed E-state index contributed by atoms with van der Waals surface area (Å²) < 4.78 is 4.49. The predicted molar refractivity (Wildman–Crippen MR) is 254 cm³/mol. The summed E-state index contributed by atoms with van der Waals surface area (Å²) >= 11 is 0. The Balaban J connectivity index is 1.02. The van der Waals surface area contributed by atoms with Crippen LogP contribution < -0.4 is 0 Å². The first-order valence-electron chi connectivity index (χ1n) is 21.2. The zero-order valence-electron chi connectivity index (χ0n) is 35.9. The molecule has 3 aromatic heterocycles. The van der Waals surface area contributed by atoms with Crippen LogP contribution >= 0.6 is 0 Å². The third-order valence-electron chi connectivity index (χ3n) is 11.6. The first kappa shape index (κ1) is 38.7. The summed E-state index contributed by atoms with van der Waals surface area (Å²) in [6, 6.07) is 61.1. The molecule has 0 aliphatic rings. The minimum atomic E-state index is 0.0621. The molecule has 0 radical (unpaired) electrons. The Kier molecular flexibility index (Phi) is 9.48. The van der Waals surface area contributed by atoms with Crippen molar-refractivity contribution in [3.63, 3.8) is 0 Å². The van der Waals surface area contributed by atoms with Crippen molar-refractivity contribution in [1.29, 1.82) is 0 Å². The molecule has 0 amide bonds. The normalized spacial score (nSPS) is 12.0. The summed E-state index contributed by atoms with van der Waals surface area (Å²) in [4.78, 5) is 25.4. The van der Waals surface area contributed by atoms with Crippen LogP contribution in [0.15, 0.2) is 176 Å². The predicted octanol–water partition coefficient (Wildman–Crippen LogP) is 13.5. The Hall–Kier alpha value is -7.51. The highest BCUT2D eigenvalue weighted by Crippen LogP contribution is 2.34. The largest absolute Gasteiger partial charge is 0.292 e. The highest BCUT2D eigenvalue weighted by atomic mass is 15.1. The smallest absolute Gasteiger partial charge is 0.164 e. The number of fused-ring (bicyclic) bond motifs is 2. The molecule has 10 aromatic rings. The molecule has 0 saturated heterocycles. The zero-order chi connectivity index (χ0) is 42.6. The average Bonchev–Trinajstić information content (AvgIpc) is 3.88. The maximum atomic E-state index is 5.13. The standard InChI is InChI=1S/C55H47N7/c1-54(2,3)41-28-32-43(33-29-41)61-47-18-12-10-16-45(47)56-52(61)39-24-20-37(21-25-39)50-58-49(36-14-8-7-9-15-36)59-51(60-50)38-22-26-40(27-23-38)53-57-46-17-11-13-19-48(46)62(53)44-34-30-42(31-35-44)55(4,5)6/h7-35H,1-6H3. The summed E-state index contributed by atoms with van der Waals surface area (Å²) in [5.41, 5.74) is 13.5. The van der Waals surface area contributed by atoms with Crippen molar-refractivity contribution in [2.45, 2.75) is 52.4 Å². The van der Waals surface area contributed by atoms with Gasteiger partial charge in [-0.05, 0) is 70.5 Å². The summed E-state index contributed by atoms with van der Waals surface area (Å²) in [7, 11) is 0. The molecule has 0 spiro atoms. The number of aromatic nitrogens is 7. The van der Waals surface area contributed by atoms with E-state index in [1.807, 2.05) is 42.5 Å². The first-order valence-corrected chi connectivity index (χ1v) is 21.2. The summed E-state index contributed by atoms with van der Waals surface area (Å²) in [6.07, 6.45) is 0. The number of benzene rings is 7. The molecule has 0 fully saturated rings. The van der Waals surface area contributed by atoms with Crippen molar-refractivity contribution in [3.05, 3.63) is 187 Å². The number of hydrogen-bond acceptors (Lipinski definition) is 5. The number of hydrogen-bond donors (Lipinski definition) is 0. The van der Waals surface area contributed by atoms with E-state index in [1.165, 1.54) is 11.1 Å². The van der Waals surface area contributed by atoms with Crippen LogP contribution in [0.3, 0.4) is 0 Å². The second kappa shape index (κ2) is 15.2. The molecular weight excluding hydrogens is 759 g/mol. The fourth-order valence-corrected chi connectivity index (χ4v) is 8.07. The van der Waals surface area contributed by atoms with E-state index in [-0.39, 0.29) is 10.8 Å². The highest BCUT2D eigenvalue weighted by molar-refractivity contribution is 5.85. The Morgan fingerprint density at radius 1 is 0.306 bits per heavy atom. The lowest BCUT2D eigenvalue weighted by atomic mass is 9.87. The number of imidazole rings is 2. The second-order valence-corrected chi connectivity index (χ2v) is 17.9. The maximum absolute atomic E-state index is 5.13. The van der Waals surface area contributed by atoms with E-state index < -0.39 is 0 Å². The third-order valence-corrected chi connectivity index (χ3v) is 11.6. The van der Waals surface area contributed by atoms with Crippen molar-refractivity contribution in [1.82, 2.24) is 34.1 Å². The Morgan fingerprint density at radius 2 is 0.629 bits per heavy atom. The molecule has 7 nitrogen and oxygen atoms in total. The van der Waals surface area contributed by atoms with E-state index in [0.717, 1.165) is 72.9 Å². The van der Waals surface area contributed by atoms with Gasteiger partial charge in [0.15, 0.2) is 17.5 Å². The molecular formula is C55H47N7. The zero-order valence-corrected chi connectivity index (χ0v) is 35.9. The number of rotatable bonds is 7. The van der Waals surface area contributed by atoms with Crippen molar-refractivity contribution in [2.75, 3.05) is 0 Å². The van der Waals surface area contributed by atoms with Gasteiger partial charge in [-0.3, -0.25) is 9.13 Å². The summed E-state index contributed by atoms with van der Waals surface area (Å²) in [5.74, 6) is 3.54. The van der Waals surface area contributed by atoms with Gasteiger partial charge in [-0.2, -0.15) is 0 Å². The molecule has 0 atom stereocenters. The summed E-state index contributed by atoms with van der Waals surface area (Å²) in [6.45, 7) is 13.4. The molecule has 10 rings (SSSR count). The van der Waals surface area contributed by atoms with Crippen LogP contribution in [0.1, 0.15) is 52.7 Å². The lowest BCUT2D eigenvalue weighted by Gasteiger charge is -2.19. The van der Waals surface area contributed by atoms with Crippen molar-refractivity contribution < 1.29 is 0 Å². The SMILES string of the molecule is CC(C)(C)c1ccc(-n2c(-c3ccc(-c4nc(-c5ccccc5)nc(-c5ccc(-c6nc7ccccc7n6-c6ccc(C(C)(C)C)cc6)cc5)n4)cc3)nc3ccccc32)cc1. The molecule has 0 saturated carbocycles. The maximum Gasteiger partial charge on any atom is 0.164 e. The Morgan fingerprint density at radius 3 is 1.00 bits per heavy atom. The van der Waals surface area contributed by atoms with Crippen LogP contribution in [0.2, 0.25) is 0 Å². The highest BCUT2D eigenvalue weighted by Gasteiger charge is 2.20. The number of para-hydroxylation sites is 4. The van der Waals surface area contributed by atoms with Gasteiger partial charge < -0.3 is 0 Å². The lowest BCUT2D eigenvalue weighted by molar-refractivity contribution is 0.590. The molecule has 7 heteroatoms. The van der Waals surface area contributed by atoms with Gasteiger partial charge in [0.2, 0.25) is 0 Å². The van der Waals surface area contributed by atoms with E-state index in [0.29, 0.717) is 17.5 Å². The van der Waals surface area contributed by atoms with E-state index in [1.54, 1.807) is 0 Å². The monoisotopic (exact) mass is 805 g/mol. The average molecular weight is 806 g/mol. The van der Waals surface area contributed by atoms with Crippen LogP contribution in [-0.2, 0) is 10.8 Å². The molecule has 0 unspecified atom stereocenters. The van der Waals surface area contributed by atoms with Gasteiger partial charge in [0.05, 0.1) is 22.1 Å². The lowest BCUT2D eigenvalue weighted by Crippen LogP contribution is -2.11. The number of nitrogens with zero attached hydrogens (tertiary/aromatic N) is 7. The van der Waals surface area contributed by atoms with Crippen LogP contribution in [0, 0.1) is 0 Å². The molecule has 302 valence electrons. The topological polar surface area (TPSA) is 74.3 Å². The van der Waals surface area contributed by atoms with Crippen molar-refractivity contribution in [3.8, 4) is 68.3 Å². The minimum absolute atomic E-state index is 0.0621. The molecule has 62 heavy (non-hydrogen) atoms.